The number of nitrogens with zero attached hydrogens (tertiary/aromatic N) is 1. The summed E-state index contributed by atoms with van der Waals surface area (Å²) in [6, 6.07) is 5.28. The summed E-state index contributed by atoms with van der Waals surface area (Å²) < 4.78 is 40.0. The van der Waals surface area contributed by atoms with Gasteiger partial charge in [0.2, 0.25) is 10.0 Å². The number of nitrogens with one attached hydrogen (secondary N) is 1. The van der Waals surface area contributed by atoms with E-state index in [1.807, 2.05) is 0 Å². The van der Waals surface area contributed by atoms with Crippen LogP contribution in [0.15, 0.2) is 29.2 Å². The number of halogens is 1. The molecule has 3 rings (SSSR count). The van der Waals surface area contributed by atoms with Crippen molar-refractivity contribution in [2.75, 3.05) is 19.6 Å². The normalized spacial score (nSPS) is 28.3. The van der Waals surface area contributed by atoms with Gasteiger partial charge in [0, 0.05) is 19.1 Å². The second kappa shape index (κ2) is 4.85. The number of fused-ring (bicyclic) bond motifs is 1. The highest BCUT2D eigenvalue weighted by atomic mass is 32.2. The van der Waals surface area contributed by atoms with Crippen LogP contribution in [0.2, 0.25) is 0 Å². The van der Waals surface area contributed by atoms with Crippen LogP contribution in [-0.2, 0) is 10.0 Å². The maximum absolute atomic E-state index is 13.2. The molecule has 2 saturated heterocycles. The highest BCUT2D eigenvalue weighted by Crippen LogP contribution is 2.31. The van der Waals surface area contributed by atoms with Gasteiger partial charge in [0.1, 0.15) is 5.82 Å². The first kappa shape index (κ1) is 13.0. The third-order valence-corrected chi connectivity index (χ3v) is 5.95. The fraction of sp³-hybridized carbons (Fsp3) is 0.538. The van der Waals surface area contributed by atoms with E-state index in [2.05, 4.69) is 5.32 Å². The van der Waals surface area contributed by atoms with Crippen molar-refractivity contribution in [3.8, 4) is 0 Å². The SMILES string of the molecule is O=S(=O)(c1cccc(F)c1)N1CCCC2CNCC21. The van der Waals surface area contributed by atoms with Gasteiger partial charge in [0.25, 0.3) is 0 Å². The number of piperidine rings is 1. The summed E-state index contributed by atoms with van der Waals surface area (Å²) >= 11 is 0. The van der Waals surface area contributed by atoms with E-state index in [9.17, 15) is 12.8 Å². The number of hydrogen-bond donors (Lipinski definition) is 1. The fourth-order valence-electron chi connectivity index (χ4n) is 3.09. The van der Waals surface area contributed by atoms with Gasteiger partial charge in [-0.15, -0.1) is 0 Å². The molecule has 1 N–H and O–H groups in total. The molecule has 0 aliphatic carbocycles. The predicted molar refractivity (Wildman–Crippen MR) is 69.7 cm³/mol. The molecule has 0 spiro atoms. The number of benzene rings is 1. The molecule has 2 atom stereocenters. The van der Waals surface area contributed by atoms with Crippen LogP contribution < -0.4 is 5.32 Å². The third kappa shape index (κ3) is 2.28. The first-order valence-corrected chi connectivity index (χ1v) is 8.01. The van der Waals surface area contributed by atoms with Crippen LogP contribution in [0.3, 0.4) is 0 Å². The van der Waals surface area contributed by atoms with Gasteiger partial charge in [0.15, 0.2) is 0 Å². The standard InChI is InChI=1S/C13H17FN2O2S/c14-11-4-1-5-12(7-11)19(17,18)16-6-2-3-10-8-15-9-13(10)16/h1,4-5,7,10,13,15H,2-3,6,8-9H2. The molecular weight excluding hydrogens is 267 g/mol. The Bertz CT molecular complexity index is 576. The molecule has 4 nitrogen and oxygen atoms in total. The van der Waals surface area contributed by atoms with Gasteiger partial charge < -0.3 is 5.32 Å². The van der Waals surface area contributed by atoms with Crippen LogP contribution >= 0.6 is 0 Å². The summed E-state index contributed by atoms with van der Waals surface area (Å²) in [4.78, 5) is 0.0556. The topological polar surface area (TPSA) is 49.4 Å². The smallest absolute Gasteiger partial charge is 0.243 e. The lowest BCUT2D eigenvalue weighted by Gasteiger charge is -2.35. The van der Waals surface area contributed by atoms with Crippen molar-refractivity contribution in [3.05, 3.63) is 30.1 Å². The minimum Gasteiger partial charge on any atom is -0.315 e. The zero-order valence-corrected chi connectivity index (χ0v) is 11.4. The van der Waals surface area contributed by atoms with E-state index < -0.39 is 15.8 Å². The molecule has 19 heavy (non-hydrogen) atoms. The molecule has 6 heteroatoms. The number of sulfonamides is 1. The fourth-order valence-corrected chi connectivity index (χ4v) is 4.84. The van der Waals surface area contributed by atoms with E-state index >= 15 is 0 Å². The average Bonchev–Trinajstić information content (AvgIpc) is 2.86. The first-order valence-electron chi connectivity index (χ1n) is 6.57. The summed E-state index contributed by atoms with van der Waals surface area (Å²) in [7, 11) is -3.59. The lowest BCUT2D eigenvalue weighted by molar-refractivity contribution is 0.217. The van der Waals surface area contributed by atoms with Crippen LogP contribution in [0.5, 0.6) is 0 Å². The summed E-state index contributed by atoms with van der Waals surface area (Å²) in [6.07, 6.45) is 1.93. The molecule has 0 amide bonds. The van der Waals surface area contributed by atoms with Crippen LogP contribution in [0.1, 0.15) is 12.8 Å². The van der Waals surface area contributed by atoms with Gasteiger partial charge in [-0.2, -0.15) is 4.31 Å². The van der Waals surface area contributed by atoms with E-state index in [4.69, 9.17) is 0 Å². The van der Waals surface area contributed by atoms with Crippen LogP contribution in [0, 0.1) is 11.7 Å². The minimum absolute atomic E-state index is 0.0158. The Balaban J connectivity index is 1.95. The van der Waals surface area contributed by atoms with E-state index in [0.717, 1.165) is 25.5 Å². The highest BCUT2D eigenvalue weighted by molar-refractivity contribution is 7.89. The first-order chi connectivity index (χ1) is 9.09. The quantitative estimate of drug-likeness (QED) is 0.888. The Labute approximate surface area is 112 Å². The third-order valence-electron chi connectivity index (χ3n) is 4.03. The molecule has 0 saturated carbocycles. The zero-order chi connectivity index (χ0) is 13.5. The summed E-state index contributed by atoms with van der Waals surface area (Å²) in [5.74, 6) is -0.128. The molecule has 2 aliphatic rings. The summed E-state index contributed by atoms with van der Waals surface area (Å²) in [5, 5.41) is 3.25. The van der Waals surface area contributed by atoms with Crippen molar-refractivity contribution in [2.45, 2.75) is 23.8 Å². The molecule has 0 bridgehead atoms. The van der Waals surface area contributed by atoms with E-state index in [1.165, 1.54) is 18.2 Å². The lowest BCUT2D eigenvalue weighted by Crippen LogP contribution is -2.48. The Morgan fingerprint density at radius 1 is 1.32 bits per heavy atom. The van der Waals surface area contributed by atoms with Crippen molar-refractivity contribution >= 4 is 10.0 Å². The maximum atomic E-state index is 13.2. The number of rotatable bonds is 2. The van der Waals surface area contributed by atoms with E-state index in [-0.39, 0.29) is 10.9 Å². The van der Waals surface area contributed by atoms with Gasteiger partial charge in [-0.1, -0.05) is 6.07 Å². The second-order valence-corrected chi connectivity index (χ2v) is 7.09. The van der Waals surface area contributed by atoms with Gasteiger partial charge in [-0.25, -0.2) is 12.8 Å². The van der Waals surface area contributed by atoms with Gasteiger partial charge in [0.05, 0.1) is 4.90 Å². The van der Waals surface area contributed by atoms with Gasteiger partial charge in [-0.3, -0.25) is 0 Å². The largest absolute Gasteiger partial charge is 0.315 e. The van der Waals surface area contributed by atoms with Crippen LogP contribution in [-0.4, -0.2) is 38.4 Å². The average molecular weight is 284 g/mol. The van der Waals surface area contributed by atoms with Gasteiger partial charge >= 0.3 is 0 Å². The Morgan fingerprint density at radius 2 is 2.16 bits per heavy atom. The highest BCUT2D eigenvalue weighted by Gasteiger charge is 2.41. The molecule has 0 radical (unpaired) electrons. The maximum Gasteiger partial charge on any atom is 0.243 e. The Hall–Kier alpha value is -0.980. The van der Waals surface area contributed by atoms with Crippen LogP contribution in [0.25, 0.3) is 0 Å². The molecule has 104 valence electrons. The predicted octanol–water partition coefficient (Wildman–Crippen LogP) is 1.20. The molecule has 2 heterocycles. The monoisotopic (exact) mass is 284 g/mol. The molecule has 1 aromatic rings. The number of hydrogen-bond acceptors (Lipinski definition) is 3. The molecule has 2 fully saturated rings. The van der Waals surface area contributed by atoms with Crippen molar-refractivity contribution in [2.24, 2.45) is 5.92 Å². The molecule has 1 aromatic carbocycles. The Morgan fingerprint density at radius 3 is 2.95 bits per heavy atom. The van der Waals surface area contributed by atoms with Crippen molar-refractivity contribution in [3.63, 3.8) is 0 Å². The van der Waals surface area contributed by atoms with Crippen LogP contribution in [0.4, 0.5) is 4.39 Å². The molecule has 2 unspecified atom stereocenters. The van der Waals surface area contributed by atoms with E-state index in [0.29, 0.717) is 19.0 Å². The zero-order valence-electron chi connectivity index (χ0n) is 10.5. The lowest BCUT2D eigenvalue weighted by atomic mass is 9.94. The minimum atomic E-state index is -3.59. The van der Waals surface area contributed by atoms with Gasteiger partial charge in [-0.05, 0) is 43.5 Å². The molecular formula is C13H17FN2O2S. The van der Waals surface area contributed by atoms with Crippen molar-refractivity contribution in [1.29, 1.82) is 0 Å². The molecule has 2 aliphatic heterocycles. The molecule has 0 aromatic heterocycles. The Kier molecular flexibility index (Phi) is 3.32. The second-order valence-electron chi connectivity index (χ2n) is 5.20. The summed E-state index contributed by atoms with van der Waals surface area (Å²) in [6.45, 7) is 2.10. The summed E-state index contributed by atoms with van der Waals surface area (Å²) in [5.41, 5.74) is 0. The van der Waals surface area contributed by atoms with E-state index in [1.54, 1.807) is 4.31 Å². The van der Waals surface area contributed by atoms with Crippen molar-refractivity contribution < 1.29 is 12.8 Å². The van der Waals surface area contributed by atoms with Crippen molar-refractivity contribution in [1.82, 2.24) is 9.62 Å².